The molecule has 0 aliphatic heterocycles. The van der Waals surface area contributed by atoms with Crippen molar-refractivity contribution in [2.24, 2.45) is 11.1 Å². The second kappa shape index (κ2) is 10.7. The first kappa shape index (κ1) is 24.6. The number of nitrogens with two attached hydrogens (primary N) is 1. The molecule has 0 atom stereocenters. The predicted molar refractivity (Wildman–Crippen MR) is 111 cm³/mol. The molecule has 25 heavy (non-hydrogen) atoms. The van der Waals surface area contributed by atoms with E-state index in [1.165, 1.54) is 19.3 Å². The molecule has 0 unspecified atom stereocenters. The molecule has 0 spiro atoms. The number of nitrogens with zero attached hydrogens (tertiary/aromatic N) is 1. The van der Waals surface area contributed by atoms with Gasteiger partial charge in [0.25, 0.3) is 0 Å². The Kier molecular flexibility index (Phi) is 10.6. The summed E-state index contributed by atoms with van der Waals surface area (Å²) in [4.78, 5) is 16.9. The largest absolute Gasteiger partial charge is 0.356 e. The molecule has 1 saturated carbocycles. The molecule has 3 N–H and O–H groups in total. The maximum absolute atomic E-state index is 12.2. The Morgan fingerprint density at radius 2 is 1.92 bits per heavy atom. The van der Waals surface area contributed by atoms with E-state index in [4.69, 9.17) is 5.73 Å². The molecule has 1 aromatic rings. The van der Waals surface area contributed by atoms with Gasteiger partial charge >= 0.3 is 0 Å². The van der Waals surface area contributed by atoms with Gasteiger partial charge in [0.05, 0.1) is 10.7 Å². The number of halogens is 2. The van der Waals surface area contributed by atoms with Crippen LogP contribution in [-0.4, -0.2) is 24.0 Å². The molecule has 146 valence electrons. The van der Waals surface area contributed by atoms with Crippen molar-refractivity contribution < 1.29 is 4.79 Å². The molecule has 0 radical (unpaired) electrons. The number of thiazole rings is 1. The van der Waals surface area contributed by atoms with Gasteiger partial charge in [-0.2, -0.15) is 0 Å². The number of rotatable bonds is 6. The van der Waals surface area contributed by atoms with Crippen molar-refractivity contribution in [2.45, 2.75) is 71.1 Å². The quantitative estimate of drug-likeness (QED) is 0.737. The van der Waals surface area contributed by atoms with Crippen LogP contribution in [0.5, 0.6) is 0 Å². The Bertz CT molecular complexity index is 523. The molecule has 1 aliphatic carbocycles. The Morgan fingerprint density at radius 1 is 1.28 bits per heavy atom. The molecule has 1 amide bonds. The summed E-state index contributed by atoms with van der Waals surface area (Å²) in [6.07, 6.45) is 7.27. The molecular formula is C18H33Cl2N3OS. The summed E-state index contributed by atoms with van der Waals surface area (Å²) in [5.74, 6) is 0.143. The molecular weight excluding hydrogens is 377 g/mol. The molecule has 1 fully saturated rings. The molecule has 2 rings (SSSR count). The standard InChI is InChI=1S/C18H31N3OS.2ClH/c1-17(2,3)14-12-23-16(21-14)7-10-20-15(22)11-18(13-19)8-5-4-6-9-18;;/h12H,4-11,13,19H2,1-3H3,(H,20,22);2*1H. The summed E-state index contributed by atoms with van der Waals surface area (Å²) in [6.45, 7) is 7.80. The van der Waals surface area contributed by atoms with Gasteiger partial charge < -0.3 is 11.1 Å². The van der Waals surface area contributed by atoms with E-state index < -0.39 is 0 Å². The Hall–Kier alpha value is -0.360. The van der Waals surface area contributed by atoms with Crippen molar-refractivity contribution >= 4 is 42.1 Å². The van der Waals surface area contributed by atoms with Crippen LogP contribution >= 0.6 is 36.2 Å². The van der Waals surface area contributed by atoms with E-state index in [1.54, 1.807) is 11.3 Å². The van der Waals surface area contributed by atoms with E-state index in [1.807, 2.05) is 0 Å². The van der Waals surface area contributed by atoms with E-state index in [9.17, 15) is 4.79 Å². The third-order valence-electron chi connectivity index (χ3n) is 4.86. The number of hydrogen-bond acceptors (Lipinski definition) is 4. The topological polar surface area (TPSA) is 68.0 Å². The molecule has 0 bridgehead atoms. The first-order chi connectivity index (χ1) is 10.8. The van der Waals surface area contributed by atoms with Crippen LogP contribution in [0.3, 0.4) is 0 Å². The average Bonchev–Trinajstić information content (AvgIpc) is 2.97. The fourth-order valence-corrected chi connectivity index (χ4v) is 4.26. The number of hydrogen-bond donors (Lipinski definition) is 2. The Morgan fingerprint density at radius 3 is 2.44 bits per heavy atom. The minimum atomic E-state index is 0. The molecule has 1 aliphatic rings. The van der Waals surface area contributed by atoms with Gasteiger partial charge in [0.15, 0.2) is 0 Å². The van der Waals surface area contributed by atoms with E-state index in [0.29, 0.717) is 19.5 Å². The lowest BCUT2D eigenvalue weighted by molar-refractivity contribution is -0.123. The minimum absolute atomic E-state index is 0. The third-order valence-corrected chi connectivity index (χ3v) is 5.77. The van der Waals surface area contributed by atoms with Gasteiger partial charge in [0.2, 0.25) is 5.91 Å². The monoisotopic (exact) mass is 409 g/mol. The highest BCUT2D eigenvalue weighted by Crippen LogP contribution is 2.38. The second-order valence-corrected chi connectivity index (χ2v) is 8.86. The van der Waals surface area contributed by atoms with E-state index >= 15 is 0 Å². The summed E-state index contributed by atoms with van der Waals surface area (Å²) in [7, 11) is 0. The summed E-state index contributed by atoms with van der Waals surface area (Å²) >= 11 is 1.69. The van der Waals surface area contributed by atoms with E-state index in [2.05, 4.69) is 36.5 Å². The summed E-state index contributed by atoms with van der Waals surface area (Å²) in [6, 6.07) is 0. The molecule has 0 saturated heterocycles. The van der Waals surface area contributed by atoms with Crippen molar-refractivity contribution in [2.75, 3.05) is 13.1 Å². The molecule has 1 heterocycles. The second-order valence-electron chi connectivity index (χ2n) is 7.92. The maximum atomic E-state index is 12.2. The Balaban J connectivity index is 0.00000288. The van der Waals surface area contributed by atoms with Crippen LogP contribution in [0.4, 0.5) is 0 Å². The number of nitrogens with one attached hydrogen (secondary N) is 1. The van der Waals surface area contributed by atoms with Gasteiger partial charge in [-0.15, -0.1) is 36.2 Å². The van der Waals surface area contributed by atoms with Gasteiger partial charge in [0.1, 0.15) is 0 Å². The van der Waals surface area contributed by atoms with Gasteiger partial charge in [-0.3, -0.25) is 4.79 Å². The van der Waals surface area contributed by atoms with E-state index in [0.717, 1.165) is 30.0 Å². The predicted octanol–water partition coefficient (Wildman–Crippen LogP) is 4.24. The lowest BCUT2D eigenvalue weighted by atomic mass is 9.71. The maximum Gasteiger partial charge on any atom is 0.220 e. The minimum Gasteiger partial charge on any atom is -0.356 e. The smallest absolute Gasteiger partial charge is 0.220 e. The van der Waals surface area contributed by atoms with Crippen LogP contribution in [0.15, 0.2) is 5.38 Å². The average molecular weight is 410 g/mol. The molecule has 0 aromatic carbocycles. The molecule has 1 aromatic heterocycles. The first-order valence-corrected chi connectivity index (χ1v) is 9.64. The third kappa shape index (κ3) is 7.41. The van der Waals surface area contributed by atoms with Crippen molar-refractivity contribution in [1.82, 2.24) is 10.3 Å². The zero-order chi connectivity index (χ0) is 16.9. The van der Waals surface area contributed by atoms with Crippen LogP contribution in [0.1, 0.15) is 70.0 Å². The van der Waals surface area contributed by atoms with Crippen LogP contribution in [0, 0.1) is 5.41 Å². The van der Waals surface area contributed by atoms with Gasteiger partial charge in [-0.1, -0.05) is 40.0 Å². The number of amides is 1. The van der Waals surface area contributed by atoms with Crippen molar-refractivity contribution in [3.8, 4) is 0 Å². The normalized spacial score (nSPS) is 16.5. The zero-order valence-corrected chi connectivity index (χ0v) is 18.0. The first-order valence-electron chi connectivity index (χ1n) is 8.76. The number of aromatic nitrogens is 1. The van der Waals surface area contributed by atoms with Crippen molar-refractivity contribution in [3.63, 3.8) is 0 Å². The number of carbonyl (C=O) groups excluding carboxylic acids is 1. The van der Waals surface area contributed by atoms with Gasteiger partial charge in [-0.25, -0.2) is 4.98 Å². The summed E-state index contributed by atoms with van der Waals surface area (Å²) in [5.41, 5.74) is 7.23. The van der Waals surface area contributed by atoms with Gasteiger partial charge in [0, 0.05) is 30.2 Å². The van der Waals surface area contributed by atoms with Crippen LogP contribution < -0.4 is 11.1 Å². The van der Waals surface area contributed by atoms with Gasteiger partial charge in [-0.05, 0) is 24.8 Å². The highest BCUT2D eigenvalue weighted by atomic mass is 35.5. The zero-order valence-electron chi connectivity index (χ0n) is 15.6. The SMILES string of the molecule is CC(C)(C)c1csc(CCNC(=O)CC2(CN)CCCCC2)n1.Cl.Cl. The fourth-order valence-electron chi connectivity index (χ4n) is 3.24. The van der Waals surface area contributed by atoms with Crippen molar-refractivity contribution in [3.05, 3.63) is 16.1 Å². The summed E-state index contributed by atoms with van der Waals surface area (Å²) < 4.78 is 0. The highest BCUT2D eigenvalue weighted by Gasteiger charge is 2.32. The lowest BCUT2D eigenvalue weighted by Gasteiger charge is -2.35. The highest BCUT2D eigenvalue weighted by molar-refractivity contribution is 7.09. The van der Waals surface area contributed by atoms with Crippen LogP contribution in [0.25, 0.3) is 0 Å². The van der Waals surface area contributed by atoms with Crippen molar-refractivity contribution in [1.29, 1.82) is 0 Å². The van der Waals surface area contributed by atoms with Crippen LogP contribution in [-0.2, 0) is 16.6 Å². The number of carbonyl (C=O) groups is 1. The Labute approximate surface area is 168 Å². The molecule has 7 heteroatoms. The van der Waals surface area contributed by atoms with Crippen LogP contribution in [0.2, 0.25) is 0 Å². The van der Waals surface area contributed by atoms with E-state index in [-0.39, 0.29) is 41.6 Å². The summed E-state index contributed by atoms with van der Waals surface area (Å²) in [5, 5.41) is 6.28. The molecule has 4 nitrogen and oxygen atoms in total. The lowest BCUT2D eigenvalue weighted by Crippen LogP contribution is -2.39. The fraction of sp³-hybridized carbons (Fsp3) is 0.778.